The lowest BCUT2D eigenvalue weighted by Gasteiger charge is -2.11. The van der Waals surface area contributed by atoms with E-state index < -0.39 is 0 Å². The molecule has 0 aliphatic carbocycles. The van der Waals surface area contributed by atoms with Crippen molar-refractivity contribution in [3.8, 4) is 16.8 Å². The number of aryl methyl sites for hydroxylation is 1. The van der Waals surface area contributed by atoms with Gasteiger partial charge in [0.05, 0.1) is 5.69 Å². The summed E-state index contributed by atoms with van der Waals surface area (Å²) in [6.07, 6.45) is 3.93. The minimum absolute atomic E-state index is 0.104. The molecule has 4 aromatic rings. The number of nitrogens with one attached hydrogen (secondary N) is 1. The van der Waals surface area contributed by atoms with E-state index in [2.05, 4.69) is 33.4 Å². The van der Waals surface area contributed by atoms with Crippen molar-refractivity contribution < 1.29 is 4.79 Å². The van der Waals surface area contributed by atoms with Gasteiger partial charge in [-0.3, -0.25) is 4.79 Å². The maximum atomic E-state index is 13.0. The van der Waals surface area contributed by atoms with Crippen LogP contribution in [0.2, 0.25) is 0 Å². The number of aromatic nitrogens is 1. The average Bonchev–Trinajstić information content (AvgIpc) is 3.34. The van der Waals surface area contributed by atoms with Gasteiger partial charge < -0.3 is 9.88 Å². The van der Waals surface area contributed by atoms with E-state index >= 15 is 0 Å². The van der Waals surface area contributed by atoms with E-state index in [-0.39, 0.29) is 5.91 Å². The minimum Gasteiger partial charge on any atom is -0.322 e. The molecule has 1 amide bonds. The van der Waals surface area contributed by atoms with Crippen molar-refractivity contribution in [2.45, 2.75) is 6.92 Å². The van der Waals surface area contributed by atoms with Gasteiger partial charge in [-0.2, -0.15) is 0 Å². The van der Waals surface area contributed by atoms with Crippen LogP contribution in [0.15, 0.2) is 82.9 Å². The molecule has 134 valence electrons. The molecule has 0 bridgehead atoms. The number of benzene rings is 2. The second kappa shape index (κ2) is 7.55. The van der Waals surface area contributed by atoms with Crippen LogP contribution in [0.4, 0.5) is 5.69 Å². The average molecular weight is 437 g/mol. The molecule has 0 fully saturated rings. The van der Waals surface area contributed by atoms with Gasteiger partial charge in [-0.05, 0) is 48.4 Å². The Balaban J connectivity index is 1.75. The molecular weight excluding hydrogens is 420 g/mol. The zero-order valence-electron chi connectivity index (χ0n) is 14.6. The number of hydrogen-bond donors (Lipinski definition) is 1. The number of rotatable bonds is 4. The monoisotopic (exact) mass is 436 g/mol. The van der Waals surface area contributed by atoms with E-state index in [4.69, 9.17) is 0 Å². The molecule has 27 heavy (non-hydrogen) atoms. The predicted octanol–water partition coefficient (Wildman–Crippen LogP) is 6.53. The van der Waals surface area contributed by atoms with Gasteiger partial charge in [0.1, 0.15) is 4.88 Å². The van der Waals surface area contributed by atoms with Crippen molar-refractivity contribution in [2.75, 3.05) is 5.32 Å². The first-order chi connectivity index (χ1) is 13.1. The third-order valence-electron chi connectivity index (χ3n) is 4.33. The Labute approximate surface area is 170 Å². The number of anilines is 1. The smallest absolute Gasteiger partial charge is 0.267 e. The molecule has 0 saturated carbocycles. The fourth-order valence-electron chi connectivity index (χ4n) is 2.99. The second-order valence-corrected chi connectivity index (χ2v) is 7.94. The second-order valence-electron chi connectivity index (χ2n) is 6.20. The van der Waals surface area contributed by atoms with Crippen molar-refractivity contribution in [2.24, 2.45) is 0 Å². The number of nitrogens with zero attached hydrogens (tertiary/aromatic N) is 1. The van der Waals surface area contributed by atoms with Crippen molar-refractivity contribution in [1.82, 2.24) is 4.57 Å². The van der Waals surface area contributed by atoms with Gasteiger partial charge in [0.2, 0.25) is 0 Å². The fraction of sp³-hybridized carbons (Fsp3) is 0.0455. The standard InChI is InChI=1S/C22H17BrN2OS/c1-15-13-17(9-10-19(15)23)24-22(26)21-20(25-11-5-6-12-25)18(14-27-21)16-7-3-2-4-8-16/h2-14H,1H3,(H,24,26). The summed E-state index contributed by atoms with van der Waals surface area (Å²) in [5.74, 6) is -0.104. The predicted molar refractivity (Wildman–Crippen MR) is 116 cm³/mol. The maximum absolute atomic E-state index is 13.0. The van der Waals surface area contributed by atoms with Crippen molar-refractivity contribution in [3.63, 3.8) is 0 Å². The molecule has 2 heterocycles. The Hall–Kier alpha value is -2.63. The van der Waals surface area contributed by atoms with Crippen molar-refractivity contribution >= 4 is 38.9 Å². The van der Waals surface area contributed by atoms with E-state index in [1.165, 1.54) is 11.3 Å². The largest absolute Gasteiger partial charge is 0.322 e. The first kappa shape index (κ1) is 17.8. The number of thiophene rings is 1. The minimum atomic E-state index is -0.104. The van der Waals surface area contributed by atoms with Gasteiger partial charge in [-0.25, -0.2) is 0 Å². The maximum Gasteiger partial charge on any atom is 0.267 e. The van der Waals surface area contributed by atoms with Gasteiger partial charge >= 0.3 is 0 Å². The number of halogens is 1. The van der Waals surface area contributed by atoms with Gasteiger partial charge in [0.15, 0.2) is 0 Å². The van der Waals surface area contributed by atoms with Crippen LogP contribution in [0, 0.1) is 6.92 Å². The van der Waals surface area contributed by atoms with Gasteiger partial charge in [-0.15, -0.1) is 11.3 Å². The van der Waals surface area contributed by atoms with Crippen LogP contribution in [0.1, 0.15) is 15.2 Å². The molecule has 4 rings (SSSR count). The molecule has 0 unspecified atom stereocenters. The summed E-state index contributed by atoms with van der Waals surface area (Å²) >= 11 is 4.96. The normalized spacial score (nSPS) is 10.7. The zero-order chi connectivity index (χ0) is 18.8. The van der Waals surface area contributed by atoms with E-state index in [1.54, 1.807) is 0 Å². The fourth-order valence-corrected chi connectivity index (χ4v) is 4.20. The molecule has 3 nitrogen and oxygen atoms in total. The van der Waals surface area contributed by atoms with E-state index in [9.17, 15) is 4.79 Å². The number of carbonyl (C=O) groups is 1. The molecule has 1 N–H and O–H groups in total. The van der Waals surface area contributed by atoms with Gasteiger partial charge in [0.25, 0.3) is 5.91 Å². The third-order valence-corrected chi connectivity index (χ3v) is 6.19. The SMILES string of the molecule is Cc1cc(NC(=O)c2scc(-c3ccccc3)c2-n2cccc2)ccc1Br. The lowest BCUT2D eigenvalue weighted by molar-refractivity contribution is 0.103. The Bertz CT molecular complexity index is 1080. The summed E-state index contributed by atoms with van der Waals surface area (Å²) in [5, 5.41) is 5.08. The highest BCUT2D eigenvalue weighted by Crippen LogP contribution is 2.35. The van der Waals surface area contributed by atoms with E-state index in [0.717, 1.165) is 32.5 Å². The summed E-state index contributed by atoms with van der Waals surface area (Å²) in [4.78, 5) is 13.7. The van der Waals surface area contributed by atoms with Crippen LogP contribution in [-0.4, -0.2) is 10.5 Å². The third kappa shape index (κ3) is 3.61. The molecule has 0 radical (unpaired) electrons. The lowest BCUT2D eigenvalue weighted by atomic mass is 10.1. The number of hydrogen-bond acceptors (Lipinski definition) is 2. The highest BCUT2D eigenvalue weighted by atomic mass is 79.9. The van der Waals surface area contributed by atoms with Crippen molar-refractivity contribution in [1.29, 1.82) is 0 Å². The Morgan fingerprint density at radius 2 is 1.78 bits per heavy atom. The Morgan fingerprint density at radius 1 is 1.04 bits per heavy atom. The number of amides is 1. The number of carbonyl (C=O) groups excluding carboxylic acids is 1. The lowest BCUT2D eigenvalue weighted by Crippen LogP contribution is -2.13. The van der Waals surface area contributed by atoms with Gasteiger partial charge in [-0.1, -0.05) is 46.3 Å². The summed E-state index contributed by atoms with van der Waals surface area (Å²) in [7, 11) is 0. The quantitative estimate of drug-likeness (QED) is 0.387. The topological polar surface area (TPSA) is 34.0 Å². The molecular formula is C22H17BrN2OS. The first-order valence-electron chi connectivity index (χ1n) is 8.51. The summed E-state index contributed by atoms with van der Waals surface area (Å²) in [6.45, 7) is 2.00. The Kier molecular flexibility index (Phi) is 4.97. The molecule has 2 aromatic heterocycles. The van der Waals surface area contributed by atoms with Gasteiger partial charge in [0, 0.05) is 33.5 Å². The summed E-state index contributed by atoms with van der Waals surface area (Å²) in [6, 6.07) is 19.9. The molecule has 0 atom stereocenters. The van der Waals surface area contributed by atoms with E-state index in [1.807, 2.05) is 77.8 Å². The van der Waals surface area contributed by atoms with Crippen molar-refractivity contribution in [3.05, 3.63) is 93.4 Å². The van der Waals surface area contributed by atoms with Crippen LogP contribution in [0.3, 0.4) is 0 Å². The van der Waals surface area contributed by atoms with Crippen LogP contribution < -0.4 is 5.32 Å². The highest BCUT2D eigenvalue weighted by molar-refractivity contribution is 9.10. The van der Waals surface area contributed by atoms with Crippen LogP contribution >= 0.6 is 27.3 Å². The van der Waals surface area contributed by atoms with Crippen LogP contribution in [0.5, 0.6) is 0 Å². The molecule has 0 saturated heterocycles. The summed E-state index contributed by atoms with van der Waals surface area (Å²) in [5.41, 5.74) is 4.91. The van der Waals surface area contributed by atoms with Crippen LogP contribution in [0.25, 0.3) is 16.8 Å². The molecule has 2 aromatic carbocycles. The molecule has 0 aliphatic heterocycles. The summed E-state index contributed by atoms with van der Waals surface area (Å²) < 4.78 is 3.02. The molecule has 0 spiro atoms. The molecule has 5 heteroatoms. The van der Waals surface area contributed by atoms with Crippen LogP contribution in [-0.2, 0) is 0 Å². The highest BCUT2D eigenvalue weighted by Gasteiger charge is 2.20. The zero-order valence-corrected chi connectivity index (χ0v) is 17.0. The van der Waals surface area contributed by atoms with E-state index in [0.29, 0.717) is 4.88 Å². The first-order valence-corrected chi connectivity index (χ1v) is 10.2. The molecule has 0 aliphatic rings. The Morgan fingerprint density at radius 3 is 2.48 bits per heavy atom.